The van der Waals surface area contributed by atoms with Gasteiger partial charge in [-0.1, -0.05) is 0 Å². The van der Waals surface area contributed by atoms with Crippen LogP contribution in [0.25, 0.3) is 0 Å². The van der Waals surface area contributed by atoms with Crippen LogP contribution in [0.15, 0.2) is 29.1 Å². The van der Waals surface area contributed by atoms with Crippen LogP contribution < -0.4 is 25.1 Å². The van der Waals surface area contributed by atoms with Crippen molar-refractivity contribution < 1.29 is 19.0 Å². The highest BCUT2D eigenvalue weighted by Gasteiger charge is 2.18. The zero-order chi connectivity index (χ0) is 18.8. The number of aryl methyl sites for hydroxylation is 2. The molecule has 8 nitrogen and oxygen atoms in total. The number of carbonyl (C=O) groups excluding carboxylic acids is 1. The Labute approximate surface area is 156 Å². The average molecular weight is 371 g/mol. The van der Waals surface area contributed by atoms with E-state index >= 15 is 0 Å². The van der Waals surface area contributed by atoms with Gasteiger partial charge in [0.2, 0.25) is 6.79 Å². The maximum absolute atomic E-state index is 12.2. The van der Waals surface area contributed by atoms with Crippen molar-refractivity contribution in [3.8, 4) is 17.2 Å². The molecule has 27 heavy (non-hydrogen) atoms. The van der Waals surface area contributed by atoms with Crippen LogP contribution in [0.2, 0.25) is 0 Å². The quantitative estimate of drug-likeness (QED) is 0.816. The van der Waals surface area contributed by atoms with Gasteiger partial charge in [-0.2, -0.15) is 5.10 Å². The second-order valence-electron chi connectivity index (χ2n) is 6.60. The summed E-state index contributed by atoms with van der Waals surface area (Å²) in [6.45, 7) is 2.48. The number of nitrogens with zero attached hydrogens (tertiary/aromatic N) is 2. The van der Waals surface area contributed by atoms with Gasteiger partial charge in [-0.15, -0.1) is 0 Å². The molecule has 0 spiro atoms. The van der Waals surface area contributed by atoms with Gasteiger partial charge in [0.15, 0.2) is 17.6 Å². The van der Waals surface area contributed by atoms with Crippen LogP contribution in [0.3, 0.4) is 0 Å². The van der Waals surface area contributed by atoms with E-state index in [1.807, 2.05) is 0 Å². The summed E-state index contributed by atoms with van der Waals surface area (Å²) in [4.78, 5) is 24.3. The van der Waals surface area contributed by atoms with Gasteiger partial charge in [0.25, 0.3) is 11.5 Å². The Morgan fingerprint density at radius 2 is 2.15 bits per heavy atom. The molecule has 1 N–H and O–H groups in total. The molecule has 1 unspecified atom stereocenters. The van der Waals surface area contributed by atoms with Crippen molar-refractivity contribution in [1.82, 2.24) is 15.1 Å². The van der Waals surface area contributed by atoms with E-state index in [2.05, 4.69) is 10.4 Å². The van der Waals surface area contributed by atoms with Gasteiger partial charge in [0.05, 0.1) is 12.2 Å². The maximum Gasteiger partial charge on any atom is 0.267 e. The van der Waals surface area contributed by atoms with E-state index in [1.165, 1.54) is 4.68 Å². The number of ether oxygens (including phenoxy) is 3. The minimum Gasteiger partial charge on any atom is -0.481 e. The van der Waals surface area contributed by atoms with Crippen molar-refractivity contribution in [2.45, 2.75) is 38.8 Å². The van der Waals surface area contributed by atoms with Crippen molar-refractivity contribution in [3.05, 3.63) is 45.9 Å². The molecule has 1 amide bonds. The molecule has 2 aliphatic rings. The second-order valence-corrected chi connectivity index (χ2v) is 6.60. The Morgan fingerprint density at radius 1 is 1.30 bits per heavy atom. The molecule has 2 heterocycles. The predicted octanol–water partition coefficient (Wildman–Crippen LogP) is 1.04. The number of hydrogen-bond donors (Lipinski definition) is 1. The lowest BCUT2D eigenvalue weighted by atomic mass is 10.2. The first kappa shape index (κ1) is 17.4. The van der Waals surface area contributed by atoms with E-state index in [0.717, 1.165) is 30.5 Å². The molecular formula is C19H21N3O5. The third-order valence-corrected chi connectivity index (χ3v) is 4.67. The number of benzene rings is 1. The summed E-state index contributed by atoms with van der Waals surface area (Å²) >= 11 is 0. The molecule has 8 heteroatoms. The fraction of sp³-hybridized carbons (Fsp3) is 0.421. The molecule has 1 atom stereocenters. The highest BCUT2D eigenvalue weighted by atomic mass is 16.7. The molecule has 1 aromatic carbocycles. The van der Waals surface area contributed by atoms with Crippen molar-refractivity contribution >= 4 is 5.91 Å². The molecule has 0 bridgehead atoms. The highest BCUT2D eigenvalue weighted by molar-refractivity contribution is 5.80. The monoisotopic (exact) mass is 371 g/mol. The largest absolute Gasteiger partial charge is 0.481 e. The third kappa shape index (κ3) is 3.74. The lowest BCUT2D eigenvalue weighted by molar-refractivity contribution is -0.127. The summed E-state index contributed by atoms with van der Waals surface area (Å²) in [6.07, 6.45) is 2.18. The van der Waals surface area contributed by atoms with Crippen molar-refractivity contribution in [2.75, 3.05) is 13.3 Å². The topological polar surface area (TPSA) is 91.7 Å². The number of hydrogen-bond acceptors (Lipinski definition) is 6. The van der Waals surface area contributed by atoms with Crippen molar-refractivity contribution in [1.29, 1.82) is 0 Å². The number of aromatic nitrogens is 2. The van der Waals surface area contributed by atoms with Crippen molar-refractivity contribution in [3.63, 3.8) is 0 Å². The van der Waals surface area contributed by atoms with Crippen LogP contribution in [0.1, 0.15) is 24.6 Å². The van der Waals surface area contributed by atoms with Gasteiger partial charge in [0.1, 0.15) is 5.75 Å². The fourth-order valence-electron chi connectivity index (χ4n) is 3.24. The molecule has 0 saturated heterocycles. The fourth-order valence-corrected chi connectivity index (χ4v) is 3.24. The smallest absolute Gasteiger partial charge is 0.267 e. The Hall–Kier alpha value is -3.03. The van der Waals surface area contributed by atoms with Gasteiger partial charge >= 0.3 is 0 Å². The zero-order valence-electron chi connectivity index (χ0n) is 15.1. The normalized spacial score (nSPS) is 15.3. The number of carbonyl (C=O) groups is 1. The molecular weight excluding hydrogens is 350 g/mol. The maximum atomic E-state index is 12.2. The lowest BCUT2D eigenvalue weighted by Gasteiger charge is -2.15. The number of amides is 1. The van der Waals surface area contributed by atoms with Crippen LogP contribution in [0.4, 0.5) is 0 Å². The molecule has 1 aliphatic heterocycles. The highest BCUT2D eigenvalue weighted by Crippen LogP contribution is 2.35. The van der Waals surface area contributed by atoms with E-state index in [1.54, 1.807) is 31.2 Å². The Balaban J connectivity index is 1.30. The third-order valence-electron chi connectivity index (χ3n) is 4.67. The number of nitrogens with one attached hydrogen (secondary N) is 1. The number of rotatable bonds is 6. The first-order valence-electron chi connectivity index (χ1n) is 9.04. The SMILES string of the molecule is CC(Oc1ccc2c(c1)OCO2)C(=O)NCCn1nc2c(cc1=O)CCC2. The van der Waals surface area contributed by atoms with E-state index in [9.17, 15) is 9.59 Å². The van der Waals surface area contributed by atoms with Crippen LogP contribution in [0, 0.1) is 0 Å². The van der Waals surface area contributed by atoms with Gasteiger partial charge in [0, 0.05) is 18.7 Å². The average Bonchev–Trinajstić information content (AvgIpc) is 3.29. The standard InChI is InChI=1S/C19H21N3O5/c1-12(27-14-5-6-16-17(10-14)26-11-25-16)19(24)20-7-8-22-18(23)9-13-3-2-4-15(13)21-22/h5-6,9-10,12H,2-4,7-8,11H2,1H3,(H,20,24). The summed E-state index contributed by atoms with van der Waals surface area (Å²) in [7, 11) is 0. The minimum atomic E-state index is -0.685. The molecule has 2 aromatic rings. The van der Waals surface area contributed by atoms with E-state index in [-0.39, 0.29) is 18.3 Å². The van der Waals surface area contributed by atoms with Gasteiger partial charge in [-0.3, -0.25) is 9.59 Å². The molecule has 0 radical (unpaired) electrons. The Morgan fingerprint density at radius 3 is 3.04 bits per heavy atom. The van der Waals surface area contributed by atoms with E-state index < -0.39 is 6.10 Å². The van der Waals surface area contributed by atoms with Gasteiger partial charge in [-0.05, 0) is 43.9 Å². The second kappa shape index (κ2) is 7.30. The van der Waals surface area contributed by atoms with Crippen LogP contribution in [-0.4, -0.2) is 35.1 Å². The van der Waals surface area contributed by atoms with Crippen LogP contribution in [0.5, 0.6) is 17.2 Å². The molecule has 1 aromatic heterocycles. The molecule has 142 valence electrons. The molecule has 4 rings (SSSR count). The Bertz CT molecular complexity index is 924. The summed E-state index contributed by atoms with van der Waals surface area (Å²) in [6, 6.07) is 6.82. The van der Waals surface area contributed by atoms with Gasteiger partial charge < -0.3 is 19.5 Å². The first-order chi connectivity index (χ1) is 13.1. The predicted molar refractivity (Wildman–Crippen MR) is 96.2 cm³/mol. The molecule has 0 saturated carbocycles. The lowest BCUT2D eigenvalue weighted by Crippen LogP contribution is -2.39. The van der Waals surface area contributed by atoms with Crippen LogP contribution in [-0.2, 0) is 24.2 Å². The minimum absolute atomic E-state index is 0.130. The summed E-state index contributed by atoms with van der Waals surface area (Å²) < 4.78 is 17.6. The van der Waals surface area contributed by atoms with Gasteiger partial charge in [-0.25, -0.2) is 4.68 Å². The summed E-state index contributed by atoms with van der Waals surface area (Å²) in [5.74, 6) is 1.52. The van der Waals surface area contributed by atoms with Crippen molar-refractivity contribution in [2.24, 2.45) is 0 Å². The first-order valence-corrected chi connectivity index (χ1v) is 9.04. The van der Waals surface area contributed by atoms with E-state index in [4.69, 9.17) is 14.2 Å². The molecule has 0 fully saturated rings. The summed E-state index contributed by atoms with van der Waals surface area (Å²) in [5, 5.41) is 7.17. The van der Waals surface area contributed by atoms with Crippen LogP contribution >= 0.6 is 0 Å². The Kier molecular flexibility index (Phi) is 4.70. The molecule has 1 aliphatic carbocycles. The number of fused-ring (bicyclic) bond motifs is 2. The zero-order valence-corrected chi connectivity index (χ0v) is 15.1. The summed E-state index contributed by atoms with van der Waals surface area (Å²) in [5.41, 5.74) is 1.90. The van der Waals surface area contributed by atoms with E-state index in [0.29, 0.717) is 30.3 Å².